The van der Waals surface area contributed by atoms with Gasteiger partial charge in [0.2, 0.25) is 15.9 Å². The molecule has 1 unspecified atom stereocenters. The van der Waals surface area contributed by atoms with Gasteiger partial charge in [0.05, 0.1) is 5.92 Å². The number of likely N-dealkylation sites (tertiary alicyclic amines) is 1. The molecule has 32 heavy (non-hydrogen) atoms. The normalized spacial score (nSPS) is 19.8. The number of piperidine rings is 1. The maximum atomic E-state index is 13.2. The predicted octanol–water partition coefficient (Wildman–Crippen LogP) is 2.91. The van der Waals surface area contributed by atoms with Crippen molar-refractivity contribution in [3.05, 3.63) is 47.3 Å². The number of aryl methyl sites for hydroxylation is 2. The Morgan fingerprint density at radius 1 is 1.06 bits per heavy atom. The molecule has 2 amide bonds. The highest BCUT2D eigenvalue weighted by molar-refractivity contribution is 7.89. The lowest BCUT2D eigenvalue weighted by Gasteiger charge is -2.31. The van der Waals surface area contributed by atoms with Crippen LogP contribution in [0.25, 0.3) is 0 Å². The molecule has 0 bridgehead atoms. The Kier molecular flexibility index (Phi) is 6.39. The third-order valence-corrected chi connectivity index (χ3v) is 8.16. The van der Waals surface area contributed by atoms with Crippen LogP contribution in [-0.4, -0.2) is 60.6 Å². The van der Waals surface area contributed by atoms with E-state index in [2.05, 4.69) is 10.3 Å². The Labute approximate surface area is 189 Å². The van der Waals surface area contributed by atoms with Crippen molar-refractivity contribution in [3.63, 3.8) is 0 Å². The van der Waals surface area contributed by atoms with Gasteiger partial charge in [0.15, 0.2) is 0 Å². The summed E-state index contributed by atoms with van der Waals surface area (Å²) < 4.78 is 27.8. The Hall–Kier alpha value is -2.65. The lowest BCUT2D eigenvalue weighted by Crippen LogP contribution is -2.43. The predicted molar refractivity (Wildman–Crippen MR) is 122 cm³/mol. The van der Waals surface area contributed by atoms with E-state index in [-0.39, 0.29) is 28.9 Å². The number of nitrogens with zero attached hydrogens (tertiary/aromatic N) is 2. The van der Waals surface area contributed by atoms with Crippen LogP contribution in [0.2, 0.25) is 0 Å². The summed E-state index contributed by atoms with van der Waals surface area (Å²) in [6, 6.07) is 7.22. The highest BCUT2D eigenvalue weighted by Gasteiger charge is 2.34. The summed E-state index contributed by atoms with van der Waals surface area (Å²) in [5.74, 6) is -0.770. The van der Waals surface area contributed by atoms with E-state index in [0.29, 0.717) is 32.5 Å². The number of rotatable bonds is 5. The Morgan fingerprint density at radius 3 is 2.53 bits per heavy atom. The minimum Gasteiger partial charge on any atom is -0.356 e. The summed E-state index contributed by atoms with van der Waals surface area (Å²) in [5.41, 5.74) is 3.12. The molecular formula is C23H30N4O4S. The molecule has 2 N–H and O–H groups in total. The molecule has 1 aromatic heterocycles. The van der Waals surface area contributed by atoms with Gasteiger partial charge in [-0.05, 0) is 57.2 Å². The first-order valence-corrected chi connectivity index (χ1v) is 12.6. The number of anilines is 1. The van der Waals surface area contributed by atoms with Gasteiger partial charge in [-0.25, -0.2) is 8.42 Å². The van der Waals surface area contributed by atoms with Gasteiger partial charge >= 0.3 is 0 Å². The van der Waals surface area contributed by atoms with E-state index in [4.69, 9.17) is 0 Å². The largest absolute Gasteiger partial charge is 0.356 e. The Bertz CT molecular complexity index is 1120. The molecule has 0 radical (unpaired) electrons. The average Bonchev–Trinajstić information content (AvgIpc) is 3.48. The second-order valence-electron chi connectivity index (χ2n) is 8.76. The lowest BCUT2D eigenvalue weighted by atomic mass is 9.98. The van der Waals surface area contributed by atoms with Crippen LogP contribution in [-0.2, 0) is 14.8 Å². The molecule has 3 heterocycles. The van der Waals surface area contributed by atoms with E-state index in [9.17, 15) is 18.0 Å². The van der Waals surface area contributed by atoms with Crippen LogP contribution in [0.5, 0.6) is 0 Å². The number of carbonyl (C=O) groups excluding carboxylic acids is 2. The van der Waals surface area contributed by atoms with Gasteiger partial charge in [0.1, 0.15) is 10.6 Å². The fourth-order valence-corrected chi connectivity index (χ4v) is 5.97. The molecule has 1 atom stereocenters. The lowest BCUT2D eigenvalue weighted by molar-refractivity contribution is -0.120. The average molecular weight is 459 g/mol. The number of sulfonamides is 1. The molecule has 0 spiro atoms. The van der Waals surface area contributed by atoms with Crippen LogP contribution in [0.3, 0.4) is 0 Å². The van der Waals surface area contributed by atoms with Crippen LogP contribution in [0.4, 0.5) is 5.69 Å². The molecule has 2 aliphatic heterocycles. The number of H-pyrrole nitrogens is 1. The zero-order valence-electron chi connectivity index (χ0n) is 18.6. The minimum atomic E-state index is -3.80. The Morgan fingerprint density at radius 2 is 1.81 bits per heavy atom. The van der Waals surface area contributed by atoms with Gasteiger partial charge in [-0.2, -0.15) is 4.31 Å². The van der Waals surface area contributed by atoms with Crippen molar-refractivity contribution in [2.45, 2.75) is 44.4 Å². The molecule has 9 heteroatoms. The number of carbonyl (C=O) groups is 2. The minimum absolute atomic E-state index is 0.0653. The smallest absolute Gasteiger partial charge is 0.270 e. The second-order valence-corrected chi connectivity index (χ2v) is 10.7. The van der Waals surface area contributed by atoms with E-state index >= 15 is 0 Å². The van der Waals surface area contributed by atoms with E-state index in [1.807, 2.05) is 32.0 Å². The van der Waals surface area contributed by atoms with E-state index in [1.165, 1.54) is 16.6 Å². The Balaban J connectivity index is 1.45. The summed E-state index contributed by atoms with van der Waals surface area (Å²) in [6.45, 7) is 5.81. The standard InChI is InChI=1S/C23H30N4O4S/c1-16-7-8-20(17(2)12-16)25-22(28)18-6-5-11-27(15-18)32(30,31)19-13-21(24-14-19)23(29)26-9-3-4-10-26/h7-8,12-14,18,24H,3-6,9-11,15H2,1-2H3,(H,25,28). The van der Waals surface area contributed by atoms with Crippen molar-refractivity contribution in [1.29, 1.82) is 0 Å². The fraction of sp³-hybridized carbons (Fsp3) is 0.478. The summed E-state index contributed by atoms with van der Waals surface area (Å²) in [4.78, 5) is 30.1. The summed E-state index contributed by atoms with van der Waals surface area (Å²) in [5, 5.41) is 2.95. The van der Waals surface area contributed by atoms with E-state index in [0.717, 1.165) is 29.7 Å². The van der Waals surface area contributed by atoms with Crippen molar-refractivity contribution in [1.82, 2.24) is 14.2 Å². The van der Waals surface area contributed by atoms with Crippen LogP contribution in [0, 0.1) is 19.8 Å². The third kappa shape index (κ3) is 4.59. The molecule has 2 aromatic rings. The van der Waals surface area contributed by atoms with Crippen molar-refractivity contribution in [2.75, 3.05) is 31.5 Å². The van der Waals surface area contributed by atoms with E-state index in [1.54, 1.807) is 4.90 Å². The summed E-state index contributed by atoms with van der Waals surface area (Å²) >= 11 is 0. The fourth-order valence-electron chi connectivity index (χ4n) is 4.45. The monoisotopic (exact) mass is 458 g/mol. The van der Waals surface area contributed by atoms with Crippen molar-refractivity contribution in [3.8, 4) is 0 Å². The molecule has 2 fully saturated rings. The molecule has 4 rings (SSSR count). The van der Waals surface area contributed by atoms with Crippen molar-refractivity contribution < 1.29 is 18.0 Å². The van der Waals surface area contributed by atoms with Crippen LogP contribution in [0.1, 0.15) is 47.3 Å². The zero-order chi connectivity index (χ0) is 22.9. The molecule has 0 saturated carbocycles. The van der Waals surface area contributed by atoms with Crippen LogP contribution in [0.15, 0.2) is 35.4 Å². The highest BCUT2D eigenvalue weighted by atomic mass is 32.2. The number of hydrogen-bond acceptors (Lipinski definition) is 4. The van der Waals surface area contributed by atoms with Crippen LogP contribution < -0.4 is 5.32 Å². The molecule has 1 aromatic carbocycles. The molecule has 172 valence electrons. The quantitative estimate of drug-likeness (QED) is 0.719. The maximum absolute atomic E-state index is 13.2. The number of amides is 2. The van der Waals surface area contributed by atoms with Gasteiger partial charge in [-0.1, -0.05) is 17.7 Å². The SMILES string of the molecule is Cc1ccc(NC(=O)C2CCCN(S(=O)(=O)c3c[nH]c(C(=O)N4CCCC4)c3)C2)c(C)c1. The first-order valence-electron chi connectivity index (χ1n) is 11.1. The molecule has 2 saturated heterocycles. The van der Waals surface area contributed by atoms with Gasteiger partial charge in [-0.15, -0.1) is 0 Å². The topological polar surface area (TPSA) is 103 Å². The van der Waals surface area contributed by atoms with Gasteiger partial charge in [0.25, 0.3) is 5.91 Å². The molecule has 8 nitrogen and oxygen atoms in total. The van der Waals surface area contributed by atoms with E-state index < -0.39 is 15.9 Å². The first kappa shape index (κ1) is 22.5. The van der Waals surface area contributed by atoms with Crippen molar-refractivity contribution in [2.24, 2.45) is 5.92 Å². The molecule has 0 aliphatic carbocycles. The van der Waals surface area contributed by atoms with Gasteiger partial charge < -0.3 is 15.2 Å². The van der Waals surface area contributed by atoms with Crippen molar-refractivity contribution >= 4 is 27.5 Å². The van der Waals surface area contributed by atoms with Gasteiger partial charge in [0, 0.05) is 38.1 Å². The highest BCUT2D eigenvalue weighted by Crippen LogP contribution is 2.26. The number of aromatic nitrogens is 1. The maximum Gasteiger partial charge on any atom is 0.270 e. The second kappa shape index (κ2) is 9.07. The summed E-state index contributed by atoms with van der Waals surface area (Å²) in [7, 11) is -3.80. The molecular weight excluding hydrogens is 428 g/mol. The number of hydrogen-bond donors (Lipinski definition) is 2. The first-order chi connectivity index (χ1) is 15.3. The number of benzene rings is 1. The number of aromatic amines is 1. The zero-order valence-corrected chi connectivity index (χ0v) is 19.4. The van der Waals surface area contributed by atoms with Gasteiger partial charge in [-0.3, -0.25) is 9.59 Å². The number of nitrogens with one attached hydrogen (secondary N) is 2. The third-order valence-electron chi connectivity index (χ3n) is 6.31. The summed E-state index contributed by atoms with van der Waals surface area (Å²) in [6.07, 6.45) is 4.55. The molecule has 2 aliphatic rings. The van der Waals surface area contributed by atoms with Crippen LogP contribution >= 0.6 is 0 Å².